The largest absolute Gasteiger partial charge is 0.348 e. The van der Waals surface area contributed by atoms with Crippen LogP contribution in [-0.4, -0.2) is 11.4 Å². The Bertz CT molecular complexity index is 269. The highest BCUT2D eigenvalue weighted by molar-refractivity contribution is 5.94. The van der Waals surface area contributed by atoms with Crippen molar-refractivity contribution >= 4 is 5.91 Å². The molecule has 14 heavy (non-hydrogen) atoms. The lowest BCUT2D eigenvalue weighted by Gasteiger charge is -2.22. The van der Waals surface area contributed by atoms with Crippen molar-refractivity contribution in [2.75, 3.05) is 0 Å². The quantitative estimate of drug-likeness (QED) is 0.684. The van der Waals surface area contributed by atoms with Crippen LogP contribution in [0.2, 0.25) is 0 Å². The molecule has 0 saturated heterocycles. The van der Waals surface area contributed by atoms with Gasteiger partial charge in [0.15, 0.2) is 0 Å². The molecule has 0 bridgehead atoms. The molecule has 0 aliphatic heterocycles. The topological polar surface area (TPSA) is 29.1 Å². The number of allylic oxidation sites excluding steroid dienone is 1. The van der Waals surface area contributed by atoms with E-state index >= 15 is 0 Å². The van der Waals surface area contributed by atoms with E-state index in [2.05, 4.69) is 25.2 Å². The molecular formula is C12H21NO. The molecule has 1 rings (SSSR count). The fraction of sp³-hybridized carbons (Fsp3) is 0.750. The molecule has 1 amide bonds. The zero-order valence-electron chi connectivity index (χ0n) is 9.90. The third kappa shape index (κ3) is 3.17. The predicted molar refractivity (Wildman–Crippen MR) is 59.0 cm³/mol. The first-order valence-electron chi connectivity index (χ1n) is 5.21. The molecule has 0 spiro atoms. The Hall–Kier alpha value is -0.790. The zero-order valence-corrected chi connectivity index (χ0v) is 9.90. The lowest BCUT2D eigenvalue weighted by molar-refractivity contribution is -0.119. The van der Waals surface area contributed by atoms with Crippen molar-refractivity contribution < 1.29 is 4.79 Å². The molecule has 0 atom stereocenters. The Morgan fingerprint density at radius 3 is 2.36 bits per heavy atom. The second kappa shape index (κ2) is 3.41. The van der Waals surface area contributed by atoms with Crippen molar-refractivity contribution in [3.8, 4) is 0 Å². The molecule has 1 N–H and O–H groups in total. The zero-order chi connectivity index (χ0) is 11.0. The lowest BCUT2D eigenvalue weighted by Crippen LogP contribution is -2.41. The van der Waals surface area contributed by atoms with Crippen LogP contribution in [0.5, 0.6) is 0 Å². The molecule has 0 aromatic carbocycles. The van der Waals surface area contributed by atoms with Gasteiger partial charge in [-0.3, -0.25) is 4.79 Å². The molecule has 0 fully saturated rings. The molecule has 80 valence electrons. The van der Waals surface area contributed by atoms with Crippen molar-refractivity contribution in [2.45, 2.75) is 53.0 Å². The molecule has 0 heterocycles. The van der Waals surface area contributed by atoms with Gasteiger partial charge in [0.05, 0.1) is 0 Å². The Morgan fingerprint density at radius 2 is 2.00 bits per heavy atom. The van der Waals surface area contributed by atoms with Gasteiger partial charge in [0, 0.05) is 11.1 Å². The maximum atomic E-state index is 11.8. The summed E-state index contributed by atoms with van der Waals surface area (Å²) in [6.07, 6.45) is 3.98. The van der Waals surface area contributed by atoms with Crippen molar-refractivity contribution in [1.82, 2.24) is 5.32 Å². The summed E-state index contributed by atoms with van der Waals surface area (Å²) in [4.78, 5) is 11.8. The highest BCUT2D eigenvalue weighted by Gasteiger charge is 2.29. The van der Waals surface area contributed by atoms with E-state index in [0.29, 0.717) is 0 Å². The monoisotopic (exact) mass is 195 g/mol. The first-order valence-corrected chi connectivity index (χ1v) is 5.21. The summed E-state index contributed by atoms with van der Waals surface area (Å²) >= 11 is 0. The molecular weight excluding hydrogens is 174 g/mol. The molecule has 1 aliphatic rings. The summed E-state index contributed by atoms with van der Waals surface area (Å²) in [6, 6.07) is 0. The van der Waals surface area contributed by atoms with E-state index in [1.165, 1.54) is 0 Å². The van der Waals surface area contributed by atoms with E-state index in [1.54, 1.807) is 0 Å². The van der Waals surface area contributed by atoms with Crippen molar-refractivity contribution in [3.63, 3.8) is 0 Å². The molecule has 0 aromatic rings. The fourth-order valence-corrected chi connectivity index (χ4v) is 1.65. The summed E-state index contributed by atoms with van der Waals surface area (Å²) in [5.74, 6) is 0.100. The van der Waals surface area contributed by atoms with E-state index in [9.17, 15) is 4.79 Å². The maximum absolute atomic E-state index is 11.8. The second-order valence-electron chi connectivity index (χ2n) is 5.98. The van der Waals surface area contributed by atoms with Crippen LogP contribution >= 0.6 is 0 Å². The normalized spacial score (nSPS) is 20.5. The first kappa shape index (κ1) is 11.3. The third-order valence-electron chi connectivity index (χ3n) is 2.35. The number of hydrogen-bond donors (Lipinski definition) is 1. The van der Waals surface area contributed by atoms with Gasteiger partial charge in [0.1, 0.15) is 0 Å². The van der Waals surface area contributed by atoms with Crippen molar-refractivity contribution in [2.24, 2.45) is 5.41 Å². The predicted octanol–water partition coefficient (Wildman–Crippen LogP) is 2.65. The highest BCUT2D eigenvalue weighted by atomic mass is 16.1. The van der Waals surface area contributed by atoms with Crippen LogP contribution in [-0.2, 0) is 4.79 Å². The highest BCUT2D eigenvalue weighted by Crippen LogP contribution is 2.36. The molecule has 0 saturated carbocycles. The van der Waals surface area contributed by atoms with Crippen LogP contribution in [0.1, 0.15) is 47.5 Å². The third-order valence-corrected chi connectivity index (χ3v) is 2.35. The van der Waals surface area contributed by atoms with E-state index < -0.39 is 0 Å². The summed E-state index contributed by atoms with van der Waals surface area (Å²) < 4.78 is 0. The van der Waals surface area contributed by atoms with Gasteiger partial charge < -0.3 is 5.32 Å². The number of amides is 1. The maximum Gasteiger partial charge on any atom is 0.247 e. The Kier molecular flexibility index (Phi) is 2.75. The molecule has 1 aliphatic carbocycles. The number of hydrogen-bond acceptors (Lipinski definition) is 1. The Balaban J connectivity index is 2.57. The molecule has 0 radical (unpaired) electrons. The van der Waals surface area contributed by atoms with Crippen LogP contribution in [0.25, 0.3) is 0 Å². The number of rotatable bonds is 1. The number of carbonyl (C=O) groups excluding carboxylic acids is 1. The summed E-state index contributed by atoms with van der Waals surface area (Å²) in [7, 11) is 0. The summed E-state index contributed by atoms with van der Waals surface area (Å²) in [5, 5.41) is 2.99. The van der Waals surface area contributed by atoms with Crippen LogP contribution < -0.4 is 5.32 Å². The van der Waals surface area contributed by atoms with Gasteiger partial charge in [-0.05, 0) is 39.0 Å². The van der Waals surface area contributed by atoms with Crippen LogP contribution in [0.4, 0.5) is 0 Å². The minimum absolute atomic E-state index is 0.100. The minimum Gasteiger partial charge on any atom is -0.348 e. The summed E-state index contributed by atoms with van der Waals surface area (Å²) in [5.41, 5.74) is 1.08. The lowest BCUT2D eigenvalue weighted by atomic mass is 9.89. The Labute approximate surface area is 86.8 Å². The second-order valence-corrected chi connectivity index (χ2v) is 5.98. The van der Waals surface area contributed by atoms with Gasteiger partial charge in [-0.15, -0.1) is 0 Å². The van der Waals surface area contributed by atoms with Crippen molar-refractivity contribution in [3.05, 3.63) is 11.6 Å². The van der Waals surface area contributed by atoms with Gasteiger partial charge in [0.2, 0.25) is 5.91 Å². The van der Waals surface area contributed by atoms with Gasteiger partial charge in [0.25, 0.3) is 0 Å². The fourth-order valence-electron chi connectivity index (χ4n) is 1.65. The van der Waals surface area contributed by atoms with Gasteiger partial charge in [-0.1, -0.05) is 19.9 Å². The van der Waals surface area contributed by atoms with Crippen molar-refractivity contribution in [1.29, 1.82) is 0 Å². The van der Waals surface area contributed by atoms with E-state index in [4.69, 9.17) is 0 Å². The van der Waals surface area contributed by atoms with Gasteiger partial charge in [-0.25, -0.2) is 0 Å². The minimum atomic E-state index is -0.134. The van der Waals surface area contributed by atoms with Crippen LogP contribution in [0, 0.1) is 5.41 Å². The van der Waals surface area contributed by atoms with Gasteiger partial charge in [-0.2, -0.15) is 0 Å². The molecule has 0 unspecified atom stereocenters. The average molecular weight is 195 g/mol. The number of nitrogens with one attached hydrogen (secondary N) is 1. The summed E-state index contributed by atoms with van der Waals surface area (Å²) in [6.45, 7) is 10.4. The first-order chi connectivity index (χ1) is 6.20. The Morgan fingerprint density at radius 1 is 1.43 bits per heavy atom. The standard InChI is InChI=1S/C12H21NO/c1-11(2,3)13-10(14)9-6-7-12(4,5)8-9/h6H,7-8H2,1-5H3,(H,13,14). The van der Waals surface area contributed by atoms with E-state index in [1.807, 2.05) is 20.8 Å². The molecule has 2 heteroatoms. The SMILES string of the molecule is CC1(C)CC=C(C(=O)NC(C)(C)C)C1. The molecule has 2 nitrogen and oxygen atoms in total. The molecule has 0 aromatic heterocycles. The van der Waals surface area contributed by atoms with Crippen LogP contribution in [0.15, 0.2) is 11.6 Å². The van der Waals surface area contributed by atoms with Gasteiger partial charge >= 0.3 is 0 Å². The number of carbonyl (C=O) groups is 1. The van der Waals surface area contributed by atoms with E-state index in [-0.39, 0.29) is 16.9 Å². The average Bonchev–Trinajstić information content (AvgIpc) is 2.26. The smallest absolute Gasteiger partial charge is 0.247 e. The van der Waals surface area contributed by atoms with E-state index in [0.717, 1.165) is 18.4 Å². The van der Waals surface area contributed by atoms with Crippen LogP contribution in [0.3, 0.4) is 0 Å².